The van der Waals surface area contributed by atoms with Gasteiger partial charge in [-0.15, -0.1) is 0 Å². The van der Waals surface area contributed by atoms with Gasteiger partial charge in [-0.2, -0.15) is 0 Å². The second kappa shape index (κ2) is 7.48. The van der Waals surface area contributed by atoms with Crippen LogP contribution < -0.4 is 9.47 Å². The Balaban J connectivity index is 2.61. The van der Waals surface area contributed by atoms with E-state index in [2.05, 4.69) is 0 Å². The summed E-state index contributed by atoms with van der Waals surface area (Å²) in [4.78, 5) is 22.6. The summed E-state index contributed by atoms with van der Waals surface area (Å²) in [6.45, 7) is 3.81. The number of carbonyl (C=O) groups excluding carboxylic acids is 2. The molecular weight excluding hydrogens is 232 g/mol. The zero-order valence-corrected chi connectivity index (χ0v) is 10.8. The summed E-state index contributed by atoms with van der Waals surface area (Å²) < 4.78 is 10.2. The SMILES string of the molecule is CCCC(=O)Oc1cccc(OC(=O)CCC)c1. The van der Waals surface area contributed by atoms with E-state index in [9.17, 15) is 9.59 Å². The van der Waals surface area contributed by atoms with E-state index in [4.69, 9.17) is 9.47 Å². The van der Waals surface area contributed by atoms with E-state index in [0.29, 0.717) is 24.3 Å². The molecule has 0 atom stereocenters. The van der Waals surface area contributed by atoms with E-state index in [-0.39, 0.29) is 11.9 Å². The smallest absolute Gasteiger partial charge is 0.311 e. The molecule has 0 saturated carbocycles. The van der Waals surface area contributed by atoms with Gasteiger partial charge in [0.2, 0.25) is 0 Å². The van der Waals surface area contributed by atoms with Crippen LogP contribution in [0.3, 0.4) is 0 Å². The van der Waals surface area contributed by atoms with Crippen molar-refractivity contribution in [3.8, 4) is 11.5 Å². The minimum absolute atomic E-state index is 0.283. The zero-order chi connectivity index (χ0) is 13.4. The zero-order valence-electron chi connectivity index (χ0n) is 10.8. The summed E-state index contributed by atoms with van der Waals surface area (Å²) in [6.07, 6.45) is 2.23. The number of benzene rings is 1. The van der Waals surface area contributed by atoms with Gasteiger partial charge in [-0.3, -0.25) is 9.59 Å². The van der Waals surface area contributed by atoms with Crippen LogP contribution in [0.5, 0.6) is 11.5 Å². The highest BCUT2D eigenvalue weighted by molar-refractivity contribution is 5.73. The molecule has 4 heteroatoms. The first-order chi connectivity index (χ1) is 8.65. The highest BCUT2D eigenvalue weighted by Gasteiger charge is 2.07. The molecule has 0 spiro atoms. The molecule has 0 bridgehead atoms. The molecule has 0 aliphatic rings. The summed E-state index contributed by atoms with van der Waals surface area (Å²) in [5, 5.41) is 0. The van der Waals surface area contributed by atoms with Crippen LogP contribution in [-0.2, 0) is 9.59 Å². The van der Waals surface area contributed by atoms with E-state index in [1.165, 1.54) is 0 Å². The Labute approximate surface area is 107 Å². The maximum absolute atomic E-state index is 11.3. The largest absolute Gasteiger partial charge is 0.426 e. The van der Waals surface area contributed by atoms with Crippen LogP contribution in [0, 0.1) is 0 Å². The Bertz CT molecular complexity index is 377. The average Bonchev–Trinajstić information content (AvgIpc) is 2.29. The Hall–Kier alpha value is -1.84. The standard InChI is InChI=1S/C14H18O4/c1-3-6-13(15)17-11-8-5-9-12(10-11)18-14(16)7-4-2/h5,8-10H,3-4,6-7H2,1-2H3. The molecule has 0 saturated heterocycles. The number of rotatable bonds is 6. The first-order valence-electron chi connectivity index (χ1n) is 6.17. The van der Waals surface area contributed by atoms with Gasteiger partial charge in [0.05, 0.1) is 0 Å². The van der Waals surface area contributed by atoms with Gasteiger partial charge in [-0.1, -0.05) is 19.9 Å². The van der Waals surface area contributed by atoms with Crippen molar-refractivity contribution in [1.82, 2.24) is 0 Å². The van der Waals surface area contributed by atoms with E-state index in [1.807, 2.05) is 13.8 Å². The Morgan fingerprint density at radius 3 is 1.78 bits per heavy atom. The van der Waals surface area contributed by atoms with E-state index in [1.54, 1.807) is 24.3 Å². The first kappa shape index (κ1) is 14.2. The summed E-state index contributed by atoms with van der Waals surface area (Å²) in [5.41, 5.74) is 0. The second-order valence-corrected chi connectivity index (χ2v) is 3.92. The van der Waals surface area contributed by atoms with Gasteiger partial charge >= 0.3 is 11.9 Å². The van der Waals surface area contributed by atoms with Crippen LogP contribution in [0.1, 0.15) is 39.5 Å². The fraction of sp³-hybridized carbons (Fsp3) is 0.429. The fourth-order valence-corrected chi connectivity index (χ4v) is 1.37. The molecule has 0 aromatic heterocycles. The number of hydrogen-bond donors (Lipinski definition) is 0. The first-order valence-corrected chi connectivity index (χ1v) is 6.17. The highest BCUT2D eigenvalue weighted by Crippen LogP contribution is 2.20. The van der Waals surface area contributed by atoms with Gasteiger partial charge in [0.15, 0.2) is 0 Å². The van der Waals surface area contributed by atoms with E-state index < -0.39 is 0 Å². The number of ether oxygens (including phenoxy) is 2. The molecule has 1 rings (SSSR count). The third-order valence-corrected chi connectivity index (χ3v) is 2.18. The molecule has 0 radical (unpaired) electrons. The molecular formula is C14H18O4. The molecule has 1 aromatic rings. The number of esters is 2. The predicted molar refractivity (Wildman–Crippen MR) is 67.5 cm³/mol. The normalized spacial score (nSPS) is 9.89. The van der Waals surface area contributed by atoms with Gasteiger partial charge in [0.25, 0.3) is 0 Å². The van der Waals surface area contributed by atoms with Crippen molar-refractivity contribution in [3.63, 3.8) is 0 Å². The minimum atomic E-state index is -0.283. The summed E-state index contributed by atoms with van der Waals surface area (Å²) >= 11 is 0. The van der Waals surface area contributed by atoms with Crippen molar-refractivity contribution in [3.05, 3.63) is 24.3 Å². The molecule has 0 fully saturated rings. The molecule has 0 amide bonds. The molecule has 0 heterocycles. The molecule has 0 N–H and O–H groups in total. The lowest BCUT2D eigenvalue weighted by molar-refractivity contribution is -0.134. The Kier molecular flexibility index (Phi) is 5.91. The quantitative estimate of drug-likeness (QED) is 0.575. The maximum Gasteiger partial charge on any atom is 0.311 e. The molecule has 0 unspecified atom stereocenters. The van der Waals surface area contributed by atoms with Gasteiger partial charge in [0.1, 0.15) is 11.5 Å². The summed E-state index contributed by atoms with van der Waals surface area (Å²) in [7, 11) is 0. The third kappa shape index (κ3) is 4.99. The van der Waals surface area contributed by atoms with Gasteiger partial charge in [-0.25, -0.2) is 0 Å². The monoisotopic (exact) mass is 250 g/mol. The predicted octanol–water partition coefficient (Wildman–Crippen LogP) is 3.10. The van der Waals surface area contributed by atoms with Crippen LogP contribution in [0.25, 0.3) is 0 Å². The average molecular weight is 250 g/mol. The van der Waals surface area contributed by atoms with Gasteiger partial charge in [-0.05, 0) is 25.0 Å². The van der Waals surface area contributed by atoms with E-state index in [0.717, 1.165) is 12.8 Å². The Morgan fingerprint density at radius 1 is 0.944 bits per heavy atom. The van der Waals surface area contributed by atoms with Crippen molar-refractivity contribution >= 4 is 11.9 Å². The fourth-order valence-electron chi connectivity index (χ4n) is 1.37. The maximum atomic E-state index is 11.3. The van der Waals surface area contributed by atoms with Crippen LogP contribution in [0.4, 0.5) is 0 Å². The van der Waals surface area contributed by atoms with Crippen LogP contribution in [0.2, 0.25) is 0 Å². The third-order valence-electron chi connectivity index (χ3n) is 2.18. The molecule has 4 nitrogen and oxygen atoms in total. The lowest BCUT2D eigenvalue weighted by Crippen LogP contribution is -2.08. The molecule has 0 aliphatic heterocycles. The van der Waals surface area contributed by atoms with Crippen molar-refractivity contribution in [1.29, 1.82) is 0 Å². The lowest BCUT2D eigenvalue weighted by atomic mass is 10.3. The topological polar surface area (TPSA) is 52.6 Å². The van der Waals surface area contributed by atoms with E-state index >= 15 is 0 Å². The van der Waals surface area contributed by atoms with Gasteiger partial charge in [0, 0.05) is 18.9 Å². The molecule has 0 aliphatic carbocycles. The van der Waals surface area contributed by atoms with Crippen molar-refractivity contribution in [2.45, 2.75) is 39.5 Å². The summed E-state index contributed by atoms with van der Waals surface area (Å²) in [6, 6.07) is 6.54. The Morgan fingerprint density at radius 2 is 1.39 bits per heavy atom. The van der Waals surface area contributed by atoms with Gasteiger partial charge < -0.3 is 9.47 Å². The van der Waals surface area contributed by atoms with Crippen molar-refractivity contribution in [2.75, 3.05) is 0 Å². The number of hydrogen-bond acceptors (Lipinski definition) is 4. The second-order valence-electron chi connectivity index (χ2n) is 3.92. The van der Waals surface area contributed by atoms with Crippen molar-refractivity contribution < 1.29 is 19.1 Å². The van der Waals surface area contributed by atoms with Crippen molar-refractivity contribution in [2.24, 2.45) is 0 Å². The minimum Gasteiger partial charge on any atom is -0.426 e. The van der Waals surface area contributed by atoms with Crippen LogP contribution in [0.15, 0.2) is 24.3 Å². The highest BCUT2D eigenvalue weighted by atomic mass is 16.5. The molecule has 98 valence electrons. The van der Waals surface area contributed by atoms with Crippen LogP contribution in [-0.4, -0.2) is 11.9 Å². The summed E-state index contributed by atoms with van der Waals surface area (Å²) in [5.74, 6) is 0.231. The molecule has 18 heavy (non-hydrogen) atoms. The van der Waals surface area contributed by atoms with Crippen LogP contribution >= 0.6 is 0 Å². The molecule has 1 aromatic carbocycles. The number of carbonyl (C=O) groups is 2. The lowest BCUT2D eigenvalue weighted by Gasteiger charge is -2.06.